The topological polar surface area (TPSA) is 241 Å². The number of fused-ring (bicyclic) bond motifs is 2. The average molecular weight is 941 g/mol. The summed E-state index contributed by atoms with van der Waals surface area (Å²) in [5.41, 5.74) is 7.11. The summed E-state index contributed by atoms with van der Waals surface area (Å²) in [5.74, 6) is 0.758. The van der Waals surface area contributed by atoms with Crippen LogP contribution in [0.5, 0.6) is 11.8 Å². The van der Waals surface area contributed by atoms with Crippen molar-refractivity contribution in [1.29, 1.82) is 10.5 Å². The fourth-order valence-corrected chi connectivity index (χ4v) is 9.74. The fourth-order valence-electron chi connectivity index (χ4n) is 8.92. The highest BCUT2D eigenvalue weighted by Gasteiger charge is 2.31. The van der Waals surface area contributed by atoms with Gasteiger partial charge in [0.15, 0.2) is 0 Å². The van der Waals surface area contributed by atoms with Crippen molar-refractivity contribution in [2.24, 2.45) is 11.8 Å². The number of rotatable bonds is 11. The largest absolute Gasteiger partial charge is 0.473 e. The summed E-state index contributed by atoms with van der Waals surface area (Å²) in [6.07, 6.45) is 8.11. The zero-order chi connectivity index (χ0) is 47.5. The van der Waals surface area contributed by atoms with E-state index in [1.807, 2.05) is 56.4 Å². The smallest absolute Gasteiger partial charge is 0.242 e. The first-order valence-corrected chi connectivity index (χ1v) is 24.5. The average Bonchev–Trinajstić information content (AvgIpc) is 4.19. The Kier molecular flexibility index (Phi) is 13.1. The molecule has 0 bridgehead atoms. The monoisotopic (exact) mass is 940 g/mol. The highest BCUT2D eigenvalue weighted by atomic mass is 32.2. The Hall–Kier alpha value is -7.33. The Balaban J connectivity index is 0.000000171. The van der Waals surface area contributed by atoms with Crippen LogP contribution in [-0.2, 0) is 19.6 Å². The molecule has 4 fully saturated rings. The van der Waals surface area contributed by atoms with Gasteiger partial charge in [0.25, 0.3) is 0 Å². The Labute approximate surface area is 393 Å². The van der Waals surface area contributed by atoms with Gasteiger partial charge in [-0.15, -0.1) is 0 Å². The number of benzene rings is 2. The van der Waals surface area contributed by atoms with E-state index in [9.17, 15) is 28.5 Å². The SMILES string of the molecule is C[C@@H](Oc1nc(-c2ccc(N3CCN(S(C)(=O)=O)CC3)cc2)cn2ncc(C#N)c12)[C@H]1CNC(=O)C1.C[C@@H](Oc1nc(-c2ccc(N3CCNCC3)cc2)cn2ncc(C#N)c12)[C@H]1CNC(=O)C1. The van der Waals surface area contributed by atoms with Gasteiger partial charge in [-0.2, -0.15) is 25.0 Å². The minimum absolute atomic E-state index is 0.00203. The molecule has 68 heavy (non-hydrogen) atoms. The van der Waals surface area contributed by atoms with E-state index in [2.05, 4.69) is 60.2 Å². The van der Waals surface area contributed by atoms with Gasteiger partial charge in [-0.1, -0.05) is 24.3 Å². The summed E-state index contributed by atoms with van der Waals surface area (Å²) in [5, 5.41) is 36.8. The molecule has 0 spiro atoms. The second kappa shape index (κ2) is 19.5. The minimum Gasteiger partial charge on any atom is -0.473 e. The van der Waals surface area contributed by atoms with Gasteiger partial charge in [-0.25, -0.2) is 27.4 Å². The Morgan fingerprint density at radius 3 is 1.47 bits per heavy atom. The third-order valence-electron chi connectivity index (χ3n) is 13.0. The molecule has 0 saturated carbocycles. The van der Waals surface area contributed by atoms with E-state index in [1.54, 1.807) is 15.2 Å². The van der Waals surface area contributed by atoms with E-state index in [1.165, 1.54) is 28.6 Å². The molecule has 20 nitrogen and oxygen atoms in total. The highest BCUT2D eigenvalue weighted by Crippen LogP contribution is 2.32. The van der Waals surface area contributed by atoms with E-state index in [-0.39, 0.29) is 35.9 Å². The first-order valence-electron chi connectivity index (χ1n) is 22.7. The van der Waals surface area contributed by atoms with Crippen molar-refractivity contribution in [2.75, 3.05) is 81.5 Å². The zero-order valence-electron chi connectivity index (χ0n) is 38.0. The third-order valence-corrected chi connectivity index (χ3v) is 14.3. The van der Waals surface area contributed by atoms with Gasteiger partial charge in [0.1, 0.15) is 46.5 Å². The number of anilines is 2. The molecule has 4 aliphatic heterocycles. The van der Waals surface area contributed by atoms with Crippen LogP contribution in [0.1, 0.15) is 37.8 Å². The number of carbonyl (C=O) groups is 2. The van der Waals surface area contributed by atoms with Crippen LogP contribution in [0.4, 0.5) is 11.4 Å². The lowest BCUT2D eigenvalue weighted by Crippen LogP contribution is -2.48. The number of piperazine rings is 2. The summed E-state index contributed by atoms with van der Waals surface area (Å²) in [6.45, 7) is 11.1. The van der Waals surface area contributed by atoms with Crippen LogP contribution < -0.4 is 35.2 Å². The number of hydrogen-bond acceptors (Lipinski definition) is 15. The second-order valence-corrected chi connectivity index (χ2v) is 19.4. The molecule has 4 aromatic heterocycles. The van der Waals surface area contributed by atoms with Crippen molar-refractivity contribution in [3.8, 4) is 46.4 Å². The molecule has 2 amide bonds. The highest BCUT2D eigenvalue weighted by molar-refractivity contribution is 7.88. The number of hydrogen-bond donors (Lipinski definition) is 3. The minimum atomic E-state index is -3.18. The molecule has 0 radical (unpaired) electrons. The fraction of sp³-hybridized carbons (Fsp3) is 0.404. The van der Waals surface area contributed by atoms with E-state index >= 15 is 0 Å². The van der Waals surface area contributed by atoms with Crippen LogP contribution in [-0.4, -0.2) is 138 Å². The van der Waals surface area contributed by atoms with Crippen LogP contribution in [0, 0.1) is 34.5 Å². The maximum absolute atomic E-state index is 11.8. The second-order valence-electron chi connectivity index (χ2n) is 17.5. The van der Waals surface area contributed by atoms with Crippen molar-refractivity contribution < 1.29 is 27.5 Å². The summed E-state index contributed by atoms with van der Waals surface area (Å²) in [7, 11) is -3.18. The summed E-state index contributed by atoms with van der Waals surface area (Å²) >= 11 is 0. The summed E-state index contributed by atoms with van der Waals surface area (Å²) in [4.78, 5) is 37.3. The molecule has 352 valence electrons. The van der Waals surface area contributed by atoms with E-state index in [0.717, 1.165) is 43.0 Å². The molecule has 21 heteroatoms. The number of amides is 2. The van der Waals surface area contributed by atoms with Crippen LogP contribution >= 0.6 is 0 Å². The maximum atomic E-state index is 11.8. The van der Waals surface area contributed by atoms with Crippen molar-refractivity contribution >= 4 is 44.2 Å². The predicted molar refractivity (Wildman–Crippen MR) is 252 cm³/mol. The molecular weight excluding hydrogens is 889 g/mol. The molecule has 4 aliphatic rings. The molecule has 4 saturated heterocycles. The first-order chi connectivity index (χ1) is 32.8. The lowest BCUT2D eigenvalue weighted by Gasteiger charge is -2.34. The quantitative estimate of drug-likeness (QED) is 0.169. The van der Waals surface area contributed by atoms with Crippen LogP contribution in [0.2, 0.25) is 0 Å². The van der Waals surface area contributed by atoms with Crippen molar-refractivity contribution in [3.05, 3.63) is 84.4 Å². The third kappa shape index (κ3) is 9.86. The number of carbonyl (C=O) groups excluding carboxylic acids is 2. The summed E-state index contributed by atoms with van der Waals surface area (Å²) < 4.78 is 40.7. The normalized spacial score (nSPS) is 19.7. The summed E-state index contributed by atoms with van der Waals surface area (Å²) in [6, 6.07) is 20.5. The van der Waals surface area contributed by atoms with Crippen LogP contribution in [0.15, 0.2) is 73.3 Å². The predicted octanol–water partition coefficient (Wildman–Crippen LogP) is 2.83. The first kappa shape index (κ1) is 45.8. The zero-order valence-corrected chi connectivity index (χ0v) is 38.8. The van der Waals surface area contributed by atoms with Crippen LogP contribution in [0.3, 0.4) is 0 Å². The van der Waals surface area contributed by atoms with Crippen LogP contribution in [0.25, 0.3) is 33.5 Å². The molecule has 6 aromatic rings. The Bertz CT molecular complexity index is 3020. The standard InChI is InChI=1S/C24H27N7O4S.C23H25N7O2/c1-16(18-11-22(32)26-13-18)35-24-23-19(12-25)14-27-31(23)15-21(28-24)17-3-5-20(6-4-17)29-7-9-30(10-8-29)36(2,33)34;1-15(17-10-21(31)26-12-17)32-23-22-18(11-24)13-27-30(22)14-20(28-23)16-2-4-19(5-3-16)29-8-6-25-7-9-29/h3-6,14-16,18H,7-11,13H2,1-2H3,(H,26,32);2-5,13-15,17,25H,6-10,12H2,1H3,(H,26,31)/t16-,18-;15-,17-/m11/s1. The lowest BCUT2D eigenvalue weighted by molar-refractivity contribution is -0.120. The maximum Gasteiger partial charge on any atom is 0.242 e. The van der Waals surface area contributed by atoms with Crippen molar-refractivity contribution in [1.82, 2.24) is 49.5 Å². The van der Waals surface area contributed by atoms with Gasteiger partial charge in [0.2, 0.25) is 33.6 Å². The van der Waals surface area contributed by atoms with E-state index < -0.39 is 10.0 Å². The van der Waals surface area contributed by atoms with Gasteiger partial charge in [0.05, 0.1) is 42.4 Å². The molecular formula is C47H52N14O6S. The molecule has 0 aliphatic carbocycles. The number of nitrogens with zero attached hydrogens (tertiary/aromatic N) is 11. The molecule has 10 rings (SSSR count). The number of nitriles is 2. The van der Waals surface area contributed by atoms with Gasteiger partial charge < -0.3 is 35.2 Å². The lowest BCUT2D eigenvalue weighted by atomic mass is 10.0. The number of nitrogens with one attached hydrogen (secondary N) is 3. The molecule has 3 N–H and O–H groups in total. The van der Waals surface area contributed by atoms with Gasteiger partial charge in [-0.05, 0) is 38.1 Å². The van der Waals surface area contributed by atoms with Crippen molar-refractivity contribution in [2.45, 2.75) is 38.9 Å². The Morgan fingerprint density at radius 2 is 1.09 bits per heavy atom. The van der Waals surface area contributed by atoms with Gasteiger partial charge >= 0.3 is 0 Å². The van der Waals surface area contributed by atoms with E-state index in [0.29, 0.717) is 97.4 Å². The van der Waals surface area contributed by atoms with Gasteiger partial charge in [-0.3, -0.25) is 9.59 Å². The number of ether oxygens (including phenoxy) is 2. The Morgan fingerprint density at radius 1 is 0.662 bits per heavy atom. The van der Waals surface area contributed by atoms with Crippen molar-refractivity contribution in [3.63, 3.8) is 0 Å². The molecule has 0 unspecified atom stereocenters. The van der Waals surface area contributed by atoms with E-state index in [4.69, 9.17) is 19.4 Å². The van der Waals surface area contributed by atoms with Gasteiger partial charge in [0, 0.05) is 113 Å². The number of aromatic nitrogens is 6. The molecule has 4 atom stereocenters. The number of sulfonamides is 1. The molecule has 8 heterocycles. The molecule has 2 aromatic carbocycles.